The van der Waals surface area contributed by atoms with Crippen LogP contribution in [0.2, 0.25) is 0 Å². The van der Waals surface area contributed by atoms with Gasteiger partial charge in [-0.1, -0.05) is 39.7 Å². The Morgan fingerprint density at radius 2 is 1.68 bits per heavy atom. The second-order valence-corrected chi connectivity index (χ2v) is 11.2. The van der Waals surface area contributed by atoms with Gasteiger partial charge in [-0.3, -0.25) is 24.1 Å². The first-order chi connectivity index (χ1) is 17.7. The Morgan fingerprint density at radius 3 is 2.38 bits per heavy atom. The summed E-state index contributed by atoms with van der Waals surface area (Å²) in [5.74, 6) is -2.75. The Hall–Kier alpha value is -3.58. The van der Waals surface area contributed by atoms with Crippen LogP contribution in [0.25, 0.3) is 0 Å². The Balaban J connectivity index is 1.49. The fourth-order valence-corrected chi connectivity index (χ4v) is 6.71. The first-order valence-corrected chi connectivity index (χ1v) is 13.1. The SMILES string of the molecule is CC1=CC(=O)C2=C(C1=O)C(c1ccc(O)c(C)c1)C1=CCC3C(=O)N(c4ccc(Br)cc4)C(=O)C3C1C2. The van der Waals surface area contributed by atoms with Crippen LogP contribution in [0.4, 0.5) is 5.69 Å². The number of phenolic OH excluding ortho intramolecular Hbond substituents is 1. The largest absolute Gasteiger partial charge is 0.508 e. The minimum atomic E-state index is -0.610. The molecule has 0 aromatic heterocycles. The molecule has 4 atom stereocenters. The van der Waals surface area contributed by atoms with Crippen molar-refractivity contribution < 1.29 is 24.3 Å². The van der Waals surface area contributed by atoms with Gasteiger partial charge >= 0.3 is 0 Å². The zero-order valence-corrected chi connectivity index (χ0v) is 21.9. The van der Waals surface area contributed by atoms with Gasteiger partial charge in [0.15, 0.2) is 11.6 Å². The number of aromatic hydroxyl groups is 1. The van der Waals surface area contributed by atoms with E-state index in [2.05, 4.69) is 15.9 Å². The third-order valence-corrected chi connectivity index (χ3v) is 8.73. The molecule has 2 aromatic carbocycles. The number of phenols is 1. The minimum Gasteiger partial charge on any atom is -0.508 e. The molecular weight excluding hydrogens is 534 g/mol. The van der Waals surface area contributed by atoms with E-state index in [9.17, 15) is 24.3 Å². The highest BCUT2D eigenvalue weighted by molar-refractivity contribution is 9.10. The molecule has 2 amide bonds. The standard InChI is InChI=1S/C30H24BrNO5/c1-14-11-16(3-10-23(14)33)25-19-8-9-20-26(21(19)13-22-24(34)12-15(2)28(35)27(22)25)30(37)32(29(20)36)18-6-4-17(31)5-7-18/h3-8,10-12,20-21,25-26,33H,9,13H2,1-2H3. The summed E-state index contributed by atoms with van der Waals surface area (Å²) in [6.07, 6.45) is 4.02. The van der Waals surface area contributed by atoms with Crippen LogP contribution in [0.3, 0.4) is 0 Å². The number of rotatable bonds is 2. The number of carbonyl (C=O) groups is 4. The number of hydrogen-bond donors (Lipinski definition) is 1. The quantitative estimate of drug-likeness (QED) is 0.315. The van der Waals surface area contributed by atoms with Crippen molar-refractivity contribution in [2.75, 3.05) is 4.90 Å². The van der Waals surface area contributed by atoms with E-state index in [1.807, 2.05) is 12.1 Å². The number of carbonyl (C=O) groups excluding carboxylic acids is 4. The molecule has 1 aliphatic heterocycles. The number of aryl methyl sites for hydroxylation is 1. The number of halogens is 1. The van der Waals surface area contributed by atoms with Crippen LogP contribution in [0.5, 0.6) is 5.75 Å². The summed E-state index contributed by atoms with van der Waals surface area (Å²) < 4.78 is 0.847. The lowest BCUT2D eigenvalue weighted by molar-refractivity contribution is -0.123. The number of nitrogens with zero attached hydrogens (tertiary/aromatic N) is 1. The van der Waals surface area contributed by atoms with E-state index in [4.69, 9.17) is 0 Å². The van der Waals surface area contributed by atoms with Gasteiger partial charge in [-0.15, -0.1) is 0 Å². The van der Waals surface area contributed by atoms with Crippen LogP contribution >= 0.6 is 15.9 Å². The molecule has 0 bridgehead atoms. The molecule has 6 nitrogen and oxygen atoms in total. The van der Waals surface area contributed by atoms with Crippen molar-refractivity contribution in [1.29, 1.82) is 0 Å². The second-order valence-electron chi connectivity index (χ2n) is 10.3. The number of anilines is 1. The van der Waals surface area contributed by atoms with Crippen molar-refractivity contribution in [1.82, 2.24) is 0 Å². The smallest absolute Gasteiger partial charge is 0.238 e. The number of allylic oxidation sites excluding steroid dienone is 6. The summed E-state index contributed by atoms with van der Waals surface area (Å²) in [6, 6.07) is 12.3. The number of ketones is 2. The van der Waals surface area contributed by atoms with Crippen molar-refractivity contribution >= 4 is 45.0 Å². The van der Waals surface area contributed by atoms with Crippen molar-refractivity contribution in [3.8, 4) is 5.75 Å². The predicted octanol–water partition coefficient (Wildman–Crippen LogP) is 5.10. The lowest BCUT2D eigenvalue weighted by atomic mass is 9.59. The topological polar surface area (TPSA) is 91.8 Å². The summed E-state index contributed by atoms with van der Waals surface area (Å²) in [4.78, 5) is 55.2. The normalized spacial score (nSPS) is 27.1. The Morgan fingerprint density at radius 1 is 0.946 bits per heavy atom. The number of hydrogen-bond acceptors (Lipinski definition) is 5. The average molecular weight is 558 g/mol. The molecule has 186 valence electrons. The molecule has 0 saturated carbocycles. The highest BCUT2D eigenvalue weighted by Gasteiger charge is 2.56. The first kappa shape index (κ1) is 23.8. The molecular formula is C30H24BrNO5. The summed E-state index contributed by atoms with van der Waals surface area (Å²) in [5, 5.41) is 10.1. The third kappa shape index (κ3) is 3.51. The summed E-state index contributed by atoms with van der Waals surface area (Å²) in [5.41, 5.74) is 4.15. The molecule has 1 heterocycles. The van der Waals surface area contributed by atoms with Gasteiger partial charge in [-0.05, 0) is 80.1 Å². The Labute approximate surface area is 222 Å². The van der Waals surface area contributed by atoms with Gasteiger partial charge in [-0.25, -0.2) is 0 Å². The molecule has 1 N–H and O–H groups in total. The molecule has 0 radical (unpaired) electrons. The van der Waals surface area contributed by atoms with Crippen LogP contribution in [0.1, 0.15) is 36.8 Å². The molecule has 37 heavy (non-hydrogen) atoms. The maximum absolute atomic E-state index is 13.8. The third-order valence-electron chi connectivity index (χ3n) is 8.20. The zero-order chi connectivity index (χ0) is 26.2. The maximum Gasteiger partial charge on any atom is 0.238 e. The minimum absolute atomic E-state index is 0.145. The zero-order valence-electron chi connectivity index (χ0n) is 20.3. The highest BCUT2D eigenvalue weighted by Crippen LogP contribution is 2.55. The predicted molar refractivity (Wildman–Crippen MR) is 141 cm³/mol. The van der Waals surface area contributed by atoms with Crippen molar-refractivity contribution in [2.45, 2.75) is 32.6 Å². The Kier molecular flexibility index (Phi) is 5.46. The molecule has 4 unspecified atom stereocenters. The van der Waals surface area contributed by atoms with Crippen LogP contribution in [-0.2, 0) is 19.2 Å². The van der Waals surface area contributed by atoms with Crippen molar-refractivity contribution in [3.63, 3.8) is 0 Å². The van der Waals surface area contributed by atoms with Crippen LogP contribution in [0, 0.1) is 24.7 Å². The van der Waals surface area contributed by atoms with E-state index in [-0.39, 0.29) is 41.5 Å². The van der Waals surface area contributed by atoms with Crippen LogP contribution < -0.4 is 4.90 Å². The monoisotopic (exact) mass is 557 g/mol. The lowest BCUT2D eigenvalue weighted by Crippen LogP contribution is -2.39. The summed E-state index contributed by atoms with van der Waals surface area (Å²) >= 11 is 3.39. The van der Waals surface area contributed by atoms with E-state index in [0.717, 1.165) is 15.6 Å². The van der Waals surface area contributed by atoms with E-state index in [1.165, 1.54) is 11.0 Å². The fraction of sp³-hybridized carbons (Fsp3) is 0.267. The number of benzene rings is 2. The molecule has 4 aliphatic rings. The summed E-state index contributed by atoms with van der Waals surface area (Å²) in [6.45, 7) is 3.43. The lowest BCUT2D eigenvalue weighted by Gasteiger charge is -2.42. The molecule has 1 fully saturated rings. The van der Waals surface area contributed by atoms with Gasteiger partial charge in [0, 0.05) is 27.1 Å². The second kappa shape index (κ2) is 8.48. The van der Waals surface area contributed by atoms with Gasteiger partial charge in [0.25, 0.3) is 0 Å². The fourth-order valence-electron chi connectivity index (χ4n) is 6.44. The van der Waals surface area contributed by atoms with E-state index < -0.39 is 17.8 Å². The Bertz CT molecular complexity index is 1510. The van der Waals surface area contributed by atoms with Gasteiger partial charge in [0.1, 0.15) is 5.75 Å². The van der Waals surface area contributed by atoms with E-state index in [0.29, 0.717) is 34.4 Å². The maximum atomic E-state index is 13.8. The van der Waals surface area contributed by atoms with Crippen molar-refractivity contribution in [3.05, 3.63) is 92.5 Å². The number of Topliss-reactive ketones (excluding diaryl/α,β-unsaturated/α-hetero) is 1. The molecule has 1 saturated heterocycles. The van der Waals surface area contributed by atoms with Gasteiger partial charge < -0.3 is 5.11 Å². The van der Waals surface area contributed by atoms with Gasteiger partial charge in [0.05, 0.1) is 17.5 Å². The van der Waals surface area contributed by atoms with Crippen LogP contribution in [0.15, 0.2) is 81.4 Å². The number of amides is 2. The number of fused-ring (bicyclic) bond motifs is 3. The average Bonchev–Trinajstić information content (AvgIpc) is 3.13. The molecule has 3 aliphatic carbocycles. The molecule has 0 spiro atoms. The first-order valence-electron chi connectivity index (χ1n) is 12.3. The highest BCUT2D eigenvalue weighted by atomic mass is 79.9. The van der Waals surface area contributed by atoms with E-state index in [1.54, 1.807) is 50.2 Å². The van der Waals surface area contributed by atoms with Crippen molar-refractivity contribution in [2.24, 2.45) is 17.8 Å². The molecule has 2 aromatic rings. The van der Waals surface area contributed by atoms with Crippen LogP contribution in [-0.4, -0.2) is 28.5 Å². The van der Waals surface area contributed by atoms with E-state index >= 15 is 0 Å². The summed E-state index contributed by atoms with van der Waals surface area (Å²) in [7, 11) is 0. The van der Waals surface area contributed by atoms with Gasteiger partial charge in [-0.2, -0.15) is 0 Å². The molecule has 6 rings (SSSR count). The number of imide groups is 1. The van der Waals surface area contributed by atoms with Gasteiger partial charge in [0.2, 0.25) is 11.8 Å². The molecule has 7 heteroatoms.